The first-order valence-corrected chi connectivity index (χ1v) is 11.9. The molecule has 3 aromatic rings. The molecule has 0 aromatic heterocycles. The molecule has 1 fully saturated rings. The molecule has 1 saturated heterocycles. The van der Waals surface area contributed by atoms with Crippen LogP contribution in [0.15, 0.2) is 89.8 Å². The van der Waals surface area contributed by atoms with Gasteiger partial charge in [0.25, 0.3) is 0 Å². The molecule has 2 atom stereocenters. The molecule has 1 aliphatic heterocycles. The summed E-state index contributed by atoms with van der Waals surface area (Å²) < 4.78 is 28.3. The molecule has 4 heteroatoms. The van der Waals surface area contributed by atoms with E-state index in [9.17, 15) is 8.42 Å². The third-order valence-corrected chi connectivity index (χ3v) is 8.28. The highest BCUT2D eigenvalue weighted by atomic mass is 32.2. The third-order valence-electron chi connectivity index (χ3n) is 6.44. The molecule has 0 spiro atoms. The number of nitrogens with zero attached hydrogens (tertiary/aromatic N) is 1. The predicted molar refractivity (Wildman–Crippen MR) is 121 cm³/mol. The third kappa shape index (κ3) is 3.30. The Kier molecular flexibility index (Phi) is 4.84. The van der Waals surface area contributed by atoms with Crippen molar-refractivity contribution in [2.45, 2.75) is 18.2 Å². The van der Waals surface area contributed by atoms with Crippen molar-refractivity contribution in [3.63, 3.8) is 0 Å². The summed E-state index contributed by atoms with van der Waals surface area (Å²) in [6.45, 7) is 3.09. The van der Waals surface area contributed by atoms with Gasteiger partial charge < -0.3 is 0 Å². The zero-order valence-electron chi connectivity index (χ0n) is 17.0. The van der Waals surface area contributed by atoms with E-state index in [1.807, 2.05) is 31.2 Å². The lowest BCUT2D eigenvalue weighted by Gasteiger charge is -2.19. The zero-order valence-corrected chi connectivity index (χ0v) is 17.8. The van der Waals surface area contributed by atoms with Gasteiger partial charge in [-0.1, -0.05) is 78.4 Å². The minimum atomic E-state index is -3.47. The standard InChI is InChI=1S/C26H25NO2S/c1-19-12-14-23(15-13-19)30(28,29)27-17-22-16-24(20-8-4-2-5-9-20)26(25(22)18-27)21-10-6-3-7-11-21/h2-15,22,25H,16-18H2,1H3/t22-,25+/m1/s1. The highest BCUT2D eigenvalue weighted by Gasteiger charge is 2.45. The number of aryl methyl sites for hydroxylation is 1. The van der Waals surface area contributed by atoms with Crippen molar-refractivity contribution in [3.8, 4) is 0 Å². The topological polar surface area (TPSA) is 37.4 Å². The van der Waals surface area contributed by atoms with Crippen LogP contribution in [0, 0.1) is 18.8 Å². The Morgan fingerprint density at radius 3 is 2.00 bits per heavy atom. The van der Waals surface area contributed by atoms with Crippen LogP contribution in [0.4, 0.5) is 0 Å². The van der Waals surface area contributed by atoms with Gasteiger partial charge in [0.2, 0.25) is 10.0 Å². The summed E-state index contributed by atoms with van der Waals surface area (Å²) in [5.74, 6) is 0.540. The Morgan fingerprint density at radius 1 is 0.767 bits per heavy atom. The first kappa shape index (κ1) is 19.3. The summed E-state index contributed by atoms with van der Waals surface area (Å²) in [4.78, 5) is 0.390. The van der Waals surface area contributed by atoms with Crippen molar-refractivity contribution >= 4 is 21.2 Å². The van der Waals surface area contributed by atoms with E-state index in [0.29, 0.717) is 23.9 Å². The first-order valence-electron chi connectivity index (χ1n) is 10.4. The molecule has 5 rings (SSSR count). The van der Waals surface area contributed by atoms with Crippen molar-refractivity contribution in [2.75, 3.05) is 13.1 Å². The summed E-state index contributed by atoms with van der Waals surface area (Å²) in [5, 5.41) is 0. The van der Waals surface area contributed by atoms with E-state index >= 15 is 0 Å². The van der Waals surface area contributed by atoms with Gasteiger partial charge in [-0.3, -0.25) is 0 Å². The molecular weight excluding hydrogens is 390 g/mol. The van der Waals surface area contributed by atoms with Crippen LogP contribution < -0.4 is 0 Å². The van der Waals surface area contributed by atoms with Gasteiger partial charge in [0.1, 0.15) is 0 Å². The van der Waals surface area contributed by atoms with Crippen molar-refractivity contribution in [1.82, 2.24) is 4.31 Å². The lowest BCUT2D eigenvalue weighted by Crippen LogP contribution is -2.29. The summed E-state index contributed by atoms with van der Waals surface area (Å²) >= 11 is 0. The Balaban J connectivity index is 1.53. The summed E-state index contributed by atoms with van der Waals surface area (Å²) in [7, 11) is -3.47. The minimum absolute atomic E-state index is 0.225. The smallest absolute Gasteiger partial charge is 0.207 e. The molecule has 1 aliphatic carbocycles. The molecule has 0 amide bonds. The fourth-order valence-corrected chi connectivity index (χ4v) is 6.46. The van der Waals surface area contributed by atoms with Crippen LogP contribution in [0.5, 0.6) is 0 Å². The number of hydrogen-bond acceptors (Lipinski definition) is 2. The van der Waals surface area contributed by atoms with E-state index in [0.717, 1.165) is 12.0 Å². The zero-order chi connectivity index (χ0) is 20.7. The Bertz CT molecular complexity index is 1180. The highest BCUT2D eigenvalue weighted by molar-refractivity contribution is 7.89. The number of hydrogen-bond donors (Lipinski definition) is 0. The Morgan fingerprint density at radius 2 is 1.37 bits per heavy atom. The monoisotopic (exact) mass is 415 g/mol. The van der Waals surface area contributed by atoms with Crippen molar-refractivity contribution < 1.29 is 8.42 Å². The second-order valence-electron chi connectivity index (χ2n) is 8.33. The quantitative estimate of drug-likeness (QED) is 0.584. The van der Waals surface area contributed by atoms with E-state index in [1.165, 1.54) is 22.3 Å². The second-order valence-corrected chi connectivity index (χ2v) is 10.3. The molecule has 0 saturated carbocycles. The fraction of sp³-hybridized carbons (Fsp3) is 0.231. The molecule has 2 aliphatic rings. The Labute approximate surface area is 178 Å². The average molecular weight is 416 g/mol. The van der Waals surface area contributed by atoms with Gasteiger partial charge in [-0.15, -0.1) is 0 Å². The van der Waals surface area contributed by atoms with Crippen LogP contribution in [0.3, 0.4) is 0 Å². The molecule has 3 aromatic carbocycles. The molecule has 30 heavy (non-hydrogen) atoms. The molecule has 0 radical (unpaired) electrons. The van der Waals surface area contributed by atoms with Crippen LogP contribution in [0.25, 0.3) is 11.1 Å². The Hall–Kier alpha value is -2.69. The van der Waals surface area contributed by atoms with Crippen LogP contribution in [0.1, 0.15) is 23.1 Å². The molecule has 0 bridgehead atoms. The van der Waals surface area contributed by atoms with Crippen LogP contribution in [-0.4, -0.2) is 25.8 Å². The van der Waals surface area contributed by atoms with E-state index in [4.69, 9.17) is 0 Å². The lowest BCUT2D eigenvalue weighted by molar-refractivity contribution is 0.459. The summed E-state index contributed by atoms with van der Waals surface area (Å²) in [6.07, 6.45) is 0.916. The fourth-order valence-electron chi connectivity index (χ4n) is 4.94. The SMILES string of the molecule is Cc1ccc(S(=O)(=O)N2C[C@H]3CC(c4ccccc4)=C(c4ccccc4)[C@H]3C2)cc1. The van der Waals surface area contributed by atoms with Gasteiger partial charge in [-0.2, -0.15) is 4.31 Å². The minimum Gasteiger partial charge on any atom is -0.207 e. The maximum atomic E-state index is 13.3. The maximum Gasteiger partial charge on any atom is 0.243 e. The number of benzene rings is 3. The molecule has 0 unspecified atom stereocenters. The van der Waals surface area contributed by atoms with Gasteiger partial charge in [0, 0.05) is 19.0 Å². The van der Waals surface area contributed by atoms with Crippen molar-refractivity contribution in [3.05, 3.63) is 102 Å². The van der Waals surface area contributed by atoms with E-state index in [-0.39, 0.29) is 5.92 Å². The summed E-state index contributed by atoms with van der Waals surface area (Å²) in [5.41, 5.74) is 6.20. The first-order chi connectivity index (χ1) is 14.5. The highest BCUT2D eigenvalue weighted by Crippen LogP contribution is 2.51. The van der Waals surface area contributed by atoms with Gasteiger partial charge >= 0.3 is 0 Å². The second kappa shape index (κ2) is 7.53. The average Bonchev–Trinajstić information content (AvgIpc) is 3.34. The van der Waals surface area contributed by atoms with Gasteiger partial charge in [0.15, 0.2) is 0 Å². The molecule has 1 heterocycles. The number of allylic oxidation sites excluding steroid dienone is 1. The van der Waals surface area contributed by atoms with Gasteiger partial charge in [-0.25, -0.2) is 8.42 Å². The largest absolute Gasteiger partial charge is 0.243 e. The van der Waals surface area contributed by atoms with Gasteiger partial charge in [0.05, 0.1) is 4.90 Å². The van der Waals surface area contributed by atoms with E-state index < -0.39 is 10.0 Å². The van der Waals surface area contributed by atoms with Crippen molar-refractivity contribution in [1.29, 1.82) is 0 Å². The number of rotatable bonds is 4. The molecule has 3 nitrogen and oxygen atoms in total. The predicted octanol–water partition coefficient (Wildman–Crippen LogP) is 5.25. The van der Waals surface area contributed by atoms with Crippen LogP contribution >= 0.6 is 0 Å². The van der Waals surface area contributed by atoms with E-state index in [2.05, 4.69) is 48.5 Å². The summed E-state index contributed by atoms with van der Waals surface area (Å²) in [6, 6.07) is 28.2. The number of fused-ring (bicyclic) bond motifs is 1. The maximum absolute atomic E-state index is 13.3. The number of sulfonamides is 1. The lowest BCUT2D eigenvalue weighted by atomic mass is 9.90. The molecular formula is C26H25NO2S. The molecule has 152 valence electrons. The van der Waals surface area contributed by atoms with Gasteiger partial charge in [-0.05, 0) is 53.7 Å². The van der Waals surface area contributed by atoms with E-state index in [1.54, 1.807) is 16.4 Å². The molecule has 0 N–H and O–H groups in total. The normalized spacial score (nSPS) is 21.8. The van der Waals surface area contributed by atoms with Crippen LogP contribution in [-0.2, 0) is 10.0 Å². The van der Waals surface area contributed by atoms with Crippen LogP contribution in [0.2, 0.25) is 0 Å². The van der Waals surface area contributed by atoms with Crippen molar-refractivity contribution in [2.24, 2.45) is 11.8 Å².